The fraction of sp³-hybridized carbons (Fsp3) is 1.00. The van der Waals surface area contributed by atoms with Crippen LogP contribution in [0.15, 0.2) is 0 Å². The Kier molecular flexibility index (Phi) is 12.5. The van der Waals surface area contributed by atoms with Crippen molar-refractivity contribution in [2.24, 2.45) is 0 Å². The molecule has 0 aromatic rings. The van der Waals surface area contributed by atoms with E-state index in [0.717, 1.165) is 6.61 Å². The van der Waals surface area contributed by atoms with Crippen LogP contribution in [0, 0.1) is 0 Å². The number of rotatable bonds is 12. The van der Waals surface area contributed by atoms with Crippen molar-refractivity contribution in [2.75, 3.05) is 6.61 Å². The molecule has 1 heterocycles. The van der Waals surface area contributed by atoms with Gasteiger partial charge in [0.05, 0.1) is 0 Å². The topological polar surface area (TPSA) is 9.23 Å². The molecule has 0 aromatic heterocycles. The summed E-state index contributed by atoms with van der Waals surface area (Å²) in [5.41, 5.74) is 0. The molecule has 114 valence electrons. The molecule has 1 atom stereocenters. The van der Waals surface area contributed by atoms with Crippen LogP contribution < -0.4 is 0 Å². The van der Waals surface area contributed by atoms with Crippen molar-refractivity contribution in [3.05, 3.63) is 0 Å². The molecule has 0 spiro atoms. The Bertz CT molecular complexity index is 178. The van der Waals surface area contributed by atoms with E-state index in [-0.39, 0.29) is 0 Å². The number of unbranched alkanes of at least 4 members (excludes halogenated alkanes) is 10. The summed E-state index contributed by atoms with van der Waals surface area (Å²) in [6, 6.07) is 0. The first kappa shape index (κ1) is 17.6. The quantitative estimate of drug-likeness (QED) is 0.323. The molecule has 1 fully saturated rings. The van der Waals surface area contributed by atoms with Gasteiger partial charge in [-0.3, -0.25) is 0 Å². The first-order valence-electron chi connectivity index (χ1n) is 9.05. The minimum atomic E-state index is -1.17. The molecule has 0 aliphatic carbocycles. The third-order valence-corrected chi connectivity index (χ3v) is 10.3. The van der Waals surface area contributed by atoms with E-state index in [1.54, 1.807) is 0 Å². The van der Waals surface area contributed by atoms with Gasteiger partial charge >= 0.3 is 119 Å². The predicted octanol–water partition coefficient (Wildman–Crippen LogP) is 5.83. The van der Waals surface area contributed by atoms with Crippen molar-refractivity contribution in [3.8, 4) is 0 Å². The summed E-state index contributed by atoms with van der Waals surface area (Å²) in [7, 11) is 0. The first-order chi connectivity index (χ1) is 9.43. The van der Waals surface area contributed by atoms with Crippen molar-refractivity contribution >= 4 is 14.7 Å². The van der Waals surface area contributed by atoms with Gasteiger partial charge in [0.2, 0.25) is 0 Å². The Labute approximate surface area is 126 Å². The maximum atomic E-state index is 5.96. The van der Waals surface area contributed by atoms with E-state index in [1.807, 2.05) is 0 Å². The van der Waals surface area contributed by atoms with Crippen LogP contribution in [0.4, 0.5) is 0 Å². The standard InChI is InChI=1S/C17H36GeO/c1-2-3-4-5-6-7-8-9-10-11-12-15-18-16-13-14-17-19-18/h18H,2-17H2,1H3. The van der Waals surface area contributed by atoms with Crippen LogP contribution in [0.1, 0.15) is 90.4 Å². The van der Waals surface area contributed by atoms with E-state index in [1.165, 1.54) is 94.0 Å². The van der Waals surface area contributed by atoms with E-state index in [0.29, 0.717) is 0 Å². The van der Waals surface area contributed by atoms with Crippen LogP contribution in [0.3, 0.4) is 0 Å². The molecule has 1 rings (SSSR count). The Morgan fingerprint density at radius 3 is 1.84 bits per heavy atom. The van der Waals surface area contributed by atoms with Gasteiger partial charge < -0.3 is 0 Å². The summed E-state index contributed by atoms with van der Waals surface area (Å²) in [5.74, 6) is 0. The molecular weight excluding hydrogens is 293 g/mol. The van der Waals surface area contributed by atoms with Crippen LogP contribution in [-0.2, 0) is 3.76 Å². The minimum absolute atomic E-state index is 1.10. The van der Waals surface area contributed by atoms with E-state index in [4.69, 9.17) is 3.76 Å². The Morgan fingerprint density at radius 2 is 1.32 bits per heavy atom. The van der Waals surface area contributed by atoms with Gasteiger partial charge in [-0.2, -0.15) is 0 Å². The summed E-state index contributed by atoms with van der Waals surface area (Å²) in [6.45, 7) is 3.39. The Hall–Kier alpha value is 0.503. The first-order valence-corrected chi connectivity index (χ1v) is 13.5. The molecule has 0 saturated carbocycles. The Morgan fingerprint density at radius 1 is 0.737 bits per heavy atom. The van der Waals surface area contributed by atoms with Crippen LogP contribution in [0.25, 0.3) is 0 Å². The molecule has 1 saturated heterocycles. The van der Waals surface area contributed by atoms with Gasteiger partial charge in [-0.25, -0.2) is 0 Å². The molecule has 1 unspecified atom stereocenters. The molecule has 1 aliphatic rings. The molecule has 0 bridgehead atoms. The summed E-state index contributed by atoms with van der Waals surface area (Å²) in [6.07, 6.45) is 18.9. The fourth-order valence-electron chi connectivity index (χ4n) is 3.07. The zero-order chi connectivity index (χ0) is 13.6. The van der Waals surface area contributed by atoms with Gasteiger partial charge in [0.25, 0.3) is 0 Å². The third kappa shape index (κ3) is 10.9. The second kappa shape index (κ2) is 13.5. The van der Waals surface area contributed by atoms with Gasteiger partial charge in [-0.15, -0.1) is 0 Å². The molecule has 1 nitrogen and oxygen atoms in total. The van der Waals surface area contributed by atoms with Crippen LogP contribution in [0.5, 0.6) is 0 Å². The molecule has 2 heteroatoms. The van der Waals surface area contributed by atoms with Crippen molar-refractivity contribution < 1.29 is 3.76 Å². The van der Waals surface area contributed by atoms with Crippen molar-refractivity contribution in [3.63, 3.8) is 0 Å². The van der Waals surface area contributed by atoms with Crippen molar-refractivity contribution in [2.45, 2.75) is 101 Å². The molecule has 19 heavy (non-hydrogen) atoms. The van der Waals surface area contributed by atoms with E-state index in [9.17, 15) is 0 Å². The maximum absolute atomic E-state index is 5.96. The molecule has 1 aliphatic heterocycles. The second-order valence-electron chi connectivity index (χ2n) is 6.31. The SMILES string of the molecule is CCCCCCCCCCCC[CH2][GeH]1[CH2]CCC[O]1. The molecular formula is C17H36GeO. The molecule has 0 N–H and O–H groups in total. The summed E-state index contributed by atoms with van der Waals surface area (Å²) >= 11 is -1.17. The van der Waals surface area contributed by atoms with E-state index < -0.39 is 14.7 Å². The van der Waals surface area contributed by atoms with Gasteiger partial charge in [-0.05, 0) is 0 Å². The second-order valence-corrected chi connectivity index (χ2v) is 12.0. The summed E-state index contributed by atoms with van der Waals surface area (Å²) < 4.78 is 5.96. The van der Waals surface area contributed by atoms with Crippen LogP contribution in [-0.4, -0.2) is 21.3 Å². The van der Waals surface area contributed by atoms with Crippen molar-refractivity contribution in [1.82, 2.24) is 0 Å². The predicted molar refractivity (Wildman–Crippen MR) is 88.4 cm³/mol. The molecule has 0 aromatic carbocycles. The number of hydrogen-bond donors (Lipinski definition) is 0. The van der Waals surface area contributed by atoms with Gasteiger partial charge in [0.15, 0.2) is 0 Å². The van der Waals surface area contributed by atoms with E-state index >= 15 is 0 Å². The zero-order valence-corrected chi connectivity index (χ0v) is 15.7. The van der Waals surface area contributed by atoms with Gasteiger partial charge in [-0.1, -0.05) is 6.92 Å². The van der Waals surface area contributed by atoms with Gasteiger partial charge in [0.1, 0.15) is 0 Å². The normalized spacial score (nSPS) is 19.7. The van der Waals surface area contributed by atoms with Crippen LogP contribution >= 0.6 is 0 Å². The fourth-order valence-corrected chi connectivity index (χ4v) is 8.55. The monoisotopic (exact) mass is 330 g/mol. The Balaban J connectivity index is 1.71. The number of hydrogen-bond acceptors (Lipinski definition) is 1. The zero-order valence-electron chi connectivity index (χ0n) is 13.3. The van der Waals surface area contributed by atoms with Crippen LogP contribution in [0.2, 0.25) is 10.5 Å². The third-order valence-electron chi connectivity index (χ3n) is 4.40. The summed E-state index contributed by atoms with van der Waals surface area (Å²) in [4.78, 5) is 0. The summed E-state index contributed by atoms with van der Waals surface area (Å²) in [5, 5.41) is 3.01. The van der Waals surface area contributed by atoms with Gasteiger partial charge in [0, 0.05) is 0 Å². The van der Waals surface area contributed by atoms with E-state index in [2.05, 4.69) is 6.92 Å². The average Bonchev–Trinajstić information content (AvgIpc) is 2.46. The molecule has 0 radical (unpaired) electrons. The average molecular weight is 329 g/mol. The van der Waals surface area contributed by atoms with Crippen molar-refractivity contribution in [1.29, 1.82) is 0 Å². The molecule has 0 amide bonds.